The highest BCUT2D eigenvalue weighted by atomic mass is 16.5. The second-order valence-corrected chi connectivity index (χ2v) is 7.84. The number of aromatic carboxylic acids is 1. The highest BCUT2D eigenvalue weighted by molar-refractivity contribution is 5.91. The van der Waals surface area contributed by atoms with E-state index in [0.717, 1.165) is 0 Å². The van der Waals surface area contributed by atoms with Gasteiger partial charge in [0.25, 0.3) is 0 Å². The van der Waals surface area contributed by atoms with Gasteiger partial charge in [-0.1, -0.05) is 36.4 Å². The molecule has 3 N–H and O–H groups in total. The summed E-state index contributed by atoms with van der Waals surface area (Å²) < 4.78 is 12.7. The first-order chi connectivity index (χ1) is 17.9. The number of nitrogen functional groups attached to an aromatic ring is 1. The van der Waals surface area contributed by atoms with Crippen LogP contribution in [0.5, 0.6) is 11.5 Å². The zero-order valence-corrected chi connectivity index (χ0v) is 19.8. The van der Waals surface area contributed by atoms with Crippen molar-refractivity contribution in [1.29, 1.82) is 10.5 Å². The Hall–Kier alpha value is -5.54. The number of hydrogen-bond donors (Lipinski definition) is 2. The molecule has 4 aromatic rings. The number of rotatable bonds is 8. The molecule has 9 heteroatoms. The average Bonchev–Trinajstić information content (AvgIpc) is 3.27. The van der Waals surface area contributed by atoms with Crippen LogP contribution in [-0.4, -0.2) is 28.0 Å². The van der Waals surface area contributed by atoms with E-state index in [9.17, 15) is 15.3 Å². The first-order valence-corrected chi connectivity index (χ1v) is 11.0. The lowest BCUT2D eigenvalue weighted by atomic mass is 10.1. The summed E-state index contributed by atoms with van der Waals surface area (Å²) >= 11 is 0. The molecule has 0 atom stereocenters. The number of nitriles is 2. The normalized spacial score (nSPS) is 10.8. The van der Waals surface area contributed by atoms with Crippen LogP contribution in [-0.2, 0) is 6.61 Å². The number of methoxy groups -OCH3 is 1. The van der Waals surface area contributed by atoms with E-state index in [4.69, 9.17) is 20.3 Å². The Labute approximate surface area is 212 Å². The Morgan fingerprint density at radius 1 is 1.08 bits per heavy atom. The summed E-state index contributed by atoms with van der Waals surface area (Å²) in [5.74, 6) is -0.0265. The lowest BCUT2D eigenvalue weighted by Crippen LogP contribution is -2.02. The number of carboxylic acid groups (broad SMARTS) is 1. The van der Waals surface area contributed by atoms with Gasteiger partial charge in [-0.15, -0.1) is 0 Å². The number of anilines is 1. The molecule has 0 aliphatic heterocycles. The minimum absolute atomic E-state index is 0.104. The zero-order valence-electron chi connectivity index (χ0n) is 19.8. The highest BCUT2D eigenvalue weighted by Gasteiger charge is 2.20. The topological polar surface area (TPSA) is 147 Å². The fourth-order valence-electron chi connectivity index (χ4n) is 3.66. The van der Waals surface area contributed by atoms with Gasteiger partial charge < -0.3 is 20.3 Å². The maximum absolute atomic E-state index is 11.2. The minimum atomic E-state index is -1.02. The summed E-state index contributed by atoms with van der Waals surface area (Å²) in [4.78, 5) is 11.2. The van der Waals surface area contributed by atoms with E-state index < -0.39 is 5.97 Å². The Balaban J connectivity index is 1.63. The molecule has 0 aliphatic carbocycles. The van der Waals surface area contributed by atoms with Gasteiger partial charge in [0.05, 0.1) is 23.9 Å². The van der Waals surface area contributed by atoms with Crippen molar-refractivity contribution in [3.63, 3.8) is 0 Å². The van der Waals surface area contributed by atoms with Crippen molar-refractivity contribution in [2.45, 2.75) is 6.61 Å². The van der Waals surface area contributed by atoms with Crippen LogP contribution in [0.3, 0.4) is 0 Å². The van der Waals surface area contributed by atoms with Crippen molar-refractivity contribution in [2.24, 2.45) is 0 Å². The van der Waals surface area contributed by atoms with Crippen LogP contribution in [0.4, 0.5) is 5.82 Å². The average molecular weight is 492 g/mol. The molecule has 0 unspecified atom stereocenters. The van der Waals surface area contributed by atoms with Crippen molar-refractivity contribution >= 4 is 23.4 Å². The van der Waals surface area contributed by atoms with E-state index in [0.29, 0.717) is 28.3 Å². The zero-order chi connectivity index (χ0) is 26.4. The van der Waals surface area contributed by atoms with E-state index in [1.807, 2.05) is 24.3 Å². The minimum Gasteiger partial charge on any atom is -0.493 e. The van der Waals surface area contributed by atoms with Gasteiger partial charge in [0.2, 0.25) is 0 Å². The van der Waals surface area contributed by atoms with Crippen LogP contribution in [0.2, 0.25) is 0 Å². The number of carboxylic acids is 1. The summed E-state index contributed by atoms with van der Waals surface area (Å²) in [6.45, 7) is 0.137. The molecule has 4 rings (SSSR count). The highest BCUT2D eigenvalue weighted by Crippen LogP contribution is 2.32. The van der Waals surface area contributed by atoms with Gasteiger partial charge in [-0.2, -0.15) is 15.6 Å². The second-order valence-electron chi connectivity index (χ2n) is 7.84. The number of allylic oxidation sites excluding steroid dienone is 1. The van der Waals surface area contributed by atoms with E-state index in [1.165, 1.54) is 23.9 Å². The van der Waals surface area contributed by atoms with Crippen LogP contribution in [0.25, 0.3) is 17.3 Å². The number of nitrogens with zero attached hydrogens (tertiary/aromatic N) is 4. The van der Waals surface area contributed by atoms with Crippen molar-refractivity contribution in [2.75, 3.05) is 12.8 Å². The predicted molar refractivity (Wildman–Crippen MR) is 137 cm³/mol. The first kappa shape index (κ1) is 24.6. The Morgan fingerprint density at radius 2 is 1.86 bits per heavy atom. The Kier molecular flexibility index (Phi) is 7.18. The van der Waals surface area contributed by atoms with Gasteiger partial charge in [0, 0.05) is 0 Å². The third kappa shape index (κ3) is 5.26. The molecule has 0 spiro atoms. The molecule has 9 nitrogen and oxygen atoms in total. The number of para-hydroxylation sites is 1. The molecule has 3 aromatic carbocycles. The first-order valence-electron chi connectivity index (χ1n) is 11.0. The van der Waals surface area contributed by atoms with Gasteiger partial charge in [0.15, 0.2) is 11.5 Å². The molecular formula is C28H21N5O4. The summed E-state index contributed by atoms with van der Waals surface area (Å²) in [5, 5.41) is 33.2. The van der Waals surface area contributed by atoms with Crippen LogP contribution >= 0.6 is 0 Å². The molecule has 1 aromatic heterocycles. The van der Waals surface area contributed by atoms with Gasteiger partial charge in [-0.25, -0.2) is 9.48 Å². The van der Waals surface area contributed by atoms with Crippen LogP contribution in [0.1, 0.15) is 32.7 Å². The number of hydrogen-bond acceptors (Lipinski definition) is 7. The number of nitrogens with two attached hydrogens (primary N) is 1. The molecule has 0 aliphatic rings. The maximum atomic E-state index is 11.2. The quantitative estimate of drug-likeness (QED) is 0.338. The molecule has 0 saturated heterocycles. The summed E-state index contributed by atoms with van der Waals surface area (Å²) in [6.07, 6.45) is 1.58. The molecule has 0 radical (unpaired) electrons. The SMILES string of the molecule is COc1cc(/C=C(/C#N)c2nn(-c3ccccc3)c(N)c2C#N)ccc1OCc1cccc(C(=O)O)c1. The Morgan fingerprint density at radius 3 is 2.54 bits per heavy atom. The predicted octanol–water partition coefficient (Wildman–Crippen LogP) is 4.68. The van der Waals surface area contributed by atoms with Crippen LogP contribution in [0.15, 0.2) is 72.8 Å². The number of carbonyl (C=O) groups is 1. The third-order valence-electron chi connectivity index (χ3n) is 5.48. The standard InChI is InChI=1S/C28H21N5O4/c1-36-25-14-18(10-11-24(25)37-17-19-6-5-7-20(13-19)28(34)35)12-21(15-29)26-23(16-30)27(31)33(32-26)22-8-3-2-4-9-22/h2-14H,17,31H2,1H3,(H,34,35)/b21-12-. The van der Waals surface area contributed by atoms with Crippen molar-refractivity contribution in [3.05, 3.63) is 101 Å². The molecule has 0 bridgehead atoms. The third-order valence-corrected chi connectivity index (χ3v) is 5.48. The molecule has 0 saturated carbocycles. The Bertz CT molecular complexity index is 1580. The van der Waals surface area contributed by atoms with E-state index in [2.05, 4.69) is 11.2 Å². The molecule has 0 fully saturated rings. The molecular weight excluding hydrogens is 470 g/mol. The number of benzene rings is 3. The molecule has 182 valence electrons. The summed E-state index contributed by atoms with van der Waals surface area (Å²) in [7, 11) is 1.49. The van der Waals surface area contributed by atoms with Gasteiger partial charge in [0.1, 0.15) is 35.8 Å². The fraction of sp³-hybridized carbons (Fsp3) is 0.0714. The van der Waals surface area contributed by atoms with Gasteiger partial charge in [-0.3, -0.25) is 0 Å². The van der Waals surface area contributed by atoms with Gasteiger partial charge in [-0.05, 0) is 53.6 Å². The molecule has 0 amide bonds. The smallest absolute Gasteiger partial charge is 0.335 e. The van der Waals surface area contributed by atoms with E-state index in [1.54, 1.807) is 48.5 Å². The fourth-order valence-corrected chi connectivity index (χ4v) is 3.66. The lowest BCUT2D eigenvalue weighted by molar-refractivity contribution is 0.0696. The van der Waals surface area contributed by atoms with E-state index in [-0.39, 0.29) is 34.8 Å². The lowest BCUT2D eigenvalue weighted by Gasteiger charge is -2.12. The van der Waals surface area contributed by atoms with Crippen molar-refractivity contribution in [3.8, 4) is 29.3 Å². The van der Waals surface area contributed by atoms with Crippen molar-refractivity contribution in [1.82, 2.24) is 9.78 Å². The van der Waals surface area contributed by atoms with Crippen molar-refractivity contribution < 1.29 is 19.4 Å². The number of ether oxygens (including phenoxy) is 2. The number of aromatic nitrogens is 2. The summed E-state index contributed by atoms with van der Waals surface area (Å²) in [5.41, 5.74) is 8.74. The van der Waals surface area contributed by atoms with Gasteiger partial charge >= 0.3 is 5.97 Å². The van der Waals surface area contributed by atoms with Crippen LogP contribution in [0, 0.1) is 22.7 Å². The largest absolute Gasteiger partial charge is 0.493 e. The molecule has 1 heterocycles. The van der Waals surface area contributed by atoms with E-state index >= 15 is 0 Å². The second kappa shape index (κ2) is 10.8. The van der Waals surface area contributed by atoms with Crippen LogP contribution < -0.4 is 15.2 Å². The maximum Gasteiger partial charge on any atom is 0.335 e. The monoisotopic (exact) mass is 491 g/mol. The molecule has 37 heavy (non-hydrogen) atoms. The summed E-state index contributed by atoms with van der Waals surface area (Å²) in [6, 6.07) is 24.8.